The predicted molar refractivity (Wildman–Crippen MR) is 50.1 cm³/mol. The van der Waals surface area contributed by atoms with E-state index in [2.05, 4.69) is 25.8 Å². The van der Waals surface area contributed by atoms with Gasteiger partial charge in [0.25, 0.3) is 0 Å². The van der Waals surface area contributed by atoms with Gasteiger partial charge in [-0.05, 0) is 27.3 Å². The van der Waals surface area contributed by atoms with Crippen molar-refractivity contribution < 1.29 is 4.74 Å². The lowest BCUT2D eigenvalue weighted by atomic mass is 10.0. The van der Waals surface area contributed by atoms with Crippen molar-refractivity contribution in [3.05, 3.63) is 0 Å². The van der Waals surface area contributed by atoms with Crippen LogP contribution in [0.25, 0.3) is 0 Å². The van der Waals surface area contributed by atoms with Crippen molar-refractivity contribution in [3.8, 4) is 0 Å². The highest BCUT2D eigenvalue weighted by molar-refractivity contribution is 4.86. The first-order valence-corrected chi connectivity index (χ1v) is 4.58. The SMILES string of the molecule is CN(C1CCOC1)C(C)(C)CN. The molecule has 1 atom stereocenters. The van der Waals surface area contributed by atoms with Crippen LogP contribution in [0.2, 0.25) is 0 Å². The summed E-state index contributed by atoms with van der Waals surface area (Å²) >= 11 is 0. The summed E-state index contributed by atoms with van der Waals surface area (Å²) in [4.78, 5) is 2.33. The van der Waals surface area contributed by atoms with Crippen LogP contribution in [0, 0.1) is 0 Å². The highest BCUT2D eigenvalue weighted by atomic mass is 16.5. The van der Waals surface area contributed by atoms with Gasteiger partial charge in [-0.3, -0.25) is 4.90 Å². The van der Waals surface area contributed by atoms with E-state index >= 15 is 0 Å². The second-order valence-electron chi connectivity index (χ2n) is 4.14. The third kappa shape index (κ3) is 1.97. The van der Waals surface area contributed by atoms with Gasteiger partial charge in [-0.15, -0.1) is 0 Å². The van der Waals surface area contributed by atoms with Crippen LogP contribution in [0.3, 0.4) is 0 Å². The first kappa shape index (κ1) is 9.96. The number of nitrogens with zero attached hydrogens (tertiary/aromatic N) is 1. The standard InChI is InChI=1S/C9H20N2O/c1-9(2,7-10)11(3)8-4-5-12-6-8/h8H,4-7,10H2,1-3H3. The summed E-state index contributed by atoms with van der Waals surface area (Å²) in [5.41, 5.74) is 5.79. The number of ether oxygens (including phenoxy) is 1. The Hall–Kier alpha value is -0.120. The van der Waals surface area contributed by atoms with Gasteiger partial charge in [0.2, 0.25) is 0 Å². The molecule has 0 aromatic rings. The largest absolute Gasteiger partial charge is 0.380 e. The zero-order valence-corrected chi connectivity index (χ0v) is 8.34. The predicted octanol–water partition coefficient (Wildman–Crippen LogP) is 0.444. The molecule has 0 amide bonds. The van der Waals surface area contributed by atoms with Crippen molar-refractivity contribution in [1.29, 1.82) is 0 Å². The van der Waals surface area contributed by atoms with E-state index in [0.717, 1.165) is 19.6 Å². The fraction of sp³-hybridized carbons (Fsp3) is 1.00. The van der Waals surface area contributed by atoms with Crippen LogP contribution < -0.4 is 5.73 Å². The van der Waals surface area contributed by atoms with E-state index in [1.54, 1.807) is 0 Å². The van der Waals surface area contributed by atoms with E-state index in [1.165, 1.54) is 0 Å². The molecule has 1 rings (SSSR count). The molecule has 0 saturated carbocycles. The second-order valence-corrected chi connectivity index (χ2v) is 4.14. The van der Waals surface area contributed by atoms with E-state index in [-0.39, 0.29) is 5.54 Å². The summed E-state index contributed by atoms with van der Waals surface area (Å²) in [6.45, 7) is 6.80. The van der Waals surface area contributed by atoms with Crippen LogP contribution in [0.15, 0.2) is 0 Å². The lowest BCUT2D eigenvalue weighted by Gasteiger charge is -2.38. The van der Waals surface area contributed by atoms with E-state index in [9.17, 15) is 0 Å². The molecule has 0 spiro atoms. The van der Waals surface area contributed by atoms with Gasteiger partial charge in [0, 0.05) is 24.7 Å². The Morgan fingerprint density at radius 3 is 2.67 bits per heavy atom. The average Bonchev–Trinajstić information content (AvgIpc) is 2.55. The highest BCUT2D eigenvalue weighted by Gasteiger charge is 2.30. The van der Waals surface area contributed by atoms with E-state index in [0.29, 0.717) is 12.6 Å². The van der Waals surface area contributed by atoms with Gasteiger partial charge in [0.1, 0.15) is 0 Å². The van der Waals surface area contributed by atoms with Gasteiger partial charge >= 0.3 is 0 Å². The van der Waals surface area contributed by atoms with Crippen molar-refractivity contribution in [1.82, 2.24) is 4.90 Å². The highest BCUT2D eigenvalue weighted by Crippen LogP contribution is 2.19. The maximum atomic E-state index is 5.69. The number of hydrogen-bond acceptors (Lipinski definition) is 3. The molecule has 1 fully saturated rings. The Balaban J connectivity index is 2.50. The van der Waals surface area contributed by atoms with Crippen LogP contribution in [0.1, 0.15) is 20.3 Å². The molecule has 72 valence electrons. The molecule has 1 saturated heterocycles. The summed E-state index contributed by atoms with van der Waals surface area (Å²) in [5.74, 6) is 0. The molecule has 1 aliphatic heterocycles. The van der Waals surface area contributed by atoms with Crippen molar-refractivity contribution in [3.63, 3.8) is 0 Å². The van der Waals surface area contributed by atoms with Crippen molar-refractivity contribution in [2.75, 3.05) is 26.8 Å². The number of hydrogen-bond donors (Lipinski definition) is 1. The fourth-order valence-electron chi connectivity index (χ4n) is 1.47. The smallest absolute Gasteiger partial charge is 0.0622 e. The summed E-state index contributed by atoms with van der Waals surface area (Å²) in [6.07, 6.45) is 1.14. The molecule has 0 bridgehead atoms. The summed E-state index contributed by atoms with van der Waals surface area (Å²) < 4.78 is 5.34. The molecule has 1 unspecified atom stereocenters. The normalized spacial score (nSPS) is 25.2. The monoisotopic (exact) mass is 172 g/mol. The summed E-state index contributed by atoms with van der Waals surface area (Å²) in [5, 5.41) is 0. The lowest BCUT2D eigenvalue weighted by Crippen LogP contribution is -2.52. The molecule has 0 aromatic carbocycles. The van der Waals surface area contributed by atoms with Crippen molar-refractivity contribution in [2.45, 2.75) is 31.8 Å². The fourth-order valence-corrected chi connectivity index (χ4v) is 1.47. The minimum atomic E-state index is 0.0956. The van der Waals surface area contributed by atoms with Crippen molar-refractivity contribution >= 4 is 0 Å². The quantitative estimate of drug-likeness (QED) is 0.671. The maximum Gasteiger partial charge on any atom is 0.0622 e. The van der Waals surface area contributed by atoms with E-state index in [1.807, 2.05) is 0 Å². The van der Waals surface area contributed by atoms with Crippen LogP contribution >= 0.6 is 0 Å². The van der Waals surface area contributed by atoms with Gasteiger partial charge in [-0.25, -0.2) is 0 Å². The van der Waals surface area contributed by atoms with Gasteiger partial charge in [0.05, 0.1) is 6.61 Å². The van der Waals surface area contributed by atoms with Crippen molar-refractivity contribution in [2.24, 2.45) is 5.73 Å². The second kappa shape index (κ2) is 3.73. The third-order valence-corrected chi connectivity index (χ3v) is 2.91. The molecule has 0 aliphatic carbocycles. The molecule has 3 nitrogen and oxygen atoms in total. The Morgan fingerprint density at radius 2 is 2.25 bits per heavy atom. The molecule has 1 aliphatic rings. The Bertz CT molecular complexity index is 141. The maximum absolute atomic E-state index is 5.69. The minimum absolute atomic E-state index is 0.0956. The zero-order valence-electron chi connectivity index (χ0n) is 8.34. The molecule has 1 heterocycles. The molecule has 3 heteroatoms. The molecule has 2 N–H and O–H groups in total. The molecule has 0 radical (unpaired) electrons. The third-order valence-electron chi connectivity index (χ3n) is 2.91. The summed E-state index contributed by atoms with van der Waals surface area (Å²) in [6, 6.07) is 0.559. The van der Waals surface area contributed by atoms with Crippen LogP contribution in [0.5, 0.6) is 0 Å². The zero-order chi connectivity index (χ0) is 9.19. The van der Waals surface area contributed by atoms with Crippen LogP contribution in [0.4, 0.5) is 0 Å². The Labute approximate surface area is 74.9 Å². The first-order valence-electron chi connectivity index (χ1n) is 4.58. The molecular formula is C9H20N2O. The number of nitrogens with two attached hydrogens (primary N) is 1. The Kier molecular flexibility index (Phi) is 3.09. The Morgan fingerprint density at radius 1 is 1.58 bits per heavy atom. The minimum Gasteiger partial charge on any atom is -0.380 e. The average molecular weight is 172 g/mol. The van der Waals surface area contributed by atoms with Gasteiger partial charge in [0.15, 0.2) is 0 Å². The van der Waals surface area contributed by atoms with Crippen LogP contribution in [-0.4, -0.2) is 43.3 Å². The number of rotatable bonds is 3. The van der Waals surface area contributed by atoms with Crippen LogP contribution in [-0.2, 0) is 4.74 Å². The lowest BCUT2D eigenvalue weighted by molar-refractivity contribution is 0.0906. The molecule has 12 heavy (non-hydrogen) atoms. The van der Waals surface area contributed by atoms with Gasteiger partial charge in [-0.1, -0.05) is 0 Å². The molecule has 0 aromatic heterocycles. The summed E-state index contributed by atoms with van der Waals surface area (Å²) in [7, 11) is 2.13. The first-order chi connectivity index (χ1) is 5.58. The van der Waals surface area contributed by atoms with E-state index in [4.69, 9.17) is 10.5 Å². The molecular weight excluding hydrogens is 152 g/mol. The van der Waals surface area contributed by atoms with E-state index < -0.39 is 0 Å². The number of likely N-dealkylation sites (N-methyl/N-ethyl adjacent to an activating group) is 1. The topological polar surface area (TPSA) is 38.5 Å². The van der Waals surface area contributed by atoms with Gasteiger partial charge < -0.3 is 10.5 Å². The van der Waals surface area contributed by atoms with Gasteiger partial charge in [-0.2, -0.15) is 0 Å².